The van der Waals surface area contributed by atoms with Gasteiger partial charge in [0.15, 0.2) is 0 Å². The van der Waals surface area contributed by atoms with E-state index in [1.807, 2.05) is 0 Å². The van der Waals surface area contributed by atoms with Gasteiger partial charge in [0.25, 0.3) is 0 Å². The van der Waals surface area contributed by atoms with Gasteiger partial charge in [-0.1, -0.05) is 31.2 Å². The summed E-state index contributed by atoms with van der Waals surface area (Å²) in [5.74, 6) is 0. The first kappa shape index (κ1) is 14.4. The Morgan fingerprint density at radius 1 is 1.18 bits per heavy atom. The molecule has 0 amide bonds. The van der Waals surface area contributed by atoms with Crippen molar-refractivity contribution in [2.75, 3.05) is 20.8 Å². The molecule has 1 aromatic carbocycles. The zero-order chi connectivity index (χ0) is 12.7. The first-order valence-electron chi connectivity index (χ1n) is 6.12. The Kier molecular flexibility index (Phi) is 5.84. The average Bonchev–Trinajstić information content (AvgIpc) is 2.40. The Bertz CT molecular complexity index is 332. The third-order valence-corrected chi connectivity index (χ3v) is 6.76. The van der Waals surface area contributed by atoms with Crippen molar-refractivity contribution in [3.8, 4) is 0 Å². The first-order chi connectivity index (χ1) is 8.24. The van der Waals surface area contributed by atoms with Crippen molar-refractivity contribution >= 4 is 13.7 Å². The van der Waals surface area contributed by atoms with E-state index in [2.05, 4.69) is 31.2 Å². The number of benzene rings is 1. The summed E-state index contributed by atoms with van der Waals surface area (Å²) in [7, 11) is 1.27. The Labute approximate surface area is 105 Å². The van der Waals surface area contributed by atoms with Crippen LogP contribution in [0.5, 0.6) is 0 Å². The maximum absolute atomic E-state index is 5.73. The minimum atomic E-state index is -2.23. The van der Waals surface area contributed by atoms with E-state index in [1.54, 1.807) is 14.2 Å². The summed E-state index contributed by atoms with van der Waals surface area (Å²) in [6.07, 6.45) is 1.99. The van der Waals surface area contributed by atoms with E-state index >= 15 is 0 Å². The number of aryl methyl sites for hydroxylation is 1. The van der Waals surface area contributed by atoms with Gasteiger partial charge in [-0.05, 0) is 36.2 Å². The Balaban J connectivity index is 3.09. The molecule has 0 bridgehead atoms. The van der Waals surface area contributed by atoms with Gasteiger partial charge in [0, 0.05) is 14.2 Å². The Morgan fingerprint density at radius 3 is 2.35 bits per heavy atom. The molecule has 1 aromatic rings. The second-order valence-corrected chi connectivity index (χ2v) is 7.63. The van der Waals surface area contributed by atoms with Crippen LogP contribution < -0.4 is 10.9 Å². The minimum Gasteiger partial charge on any atom is -0.394 e. The van der Waals surface area contributed by atoms with Gasteiger partial charge in [0.2, 0.25) is 0 Å². The highest BCUT2D eigenvalue weighted by Gasteiger charge is 2.37. The SMILES string of the molecule is CC[Si](OC)(OC)c1ccccc1CCCN. The summed E-state index contributed by atoms with van der Waals surface area (Å²) in [5.41, 5.74) is 6.90. The van der Waals surface area contributed by atoms with Crippen molar-refractivity contribution in [1.82, 2.24) is 0 Å². The van der Waals surface area contributed by atoms with E-state index < -0.39 is 8.56 Å². The van der Waals surface area contributed by atoms with E-state index in [9.17, 15) is 0 Å². The molecule has 0 saturated heterocycles. The highest BCUT2D eigenvalue weighted by atomic mass is 28.4. The molecule has 0 aliphatic carbocycles. The van der Waals surface area contributed by atoms with Crippen molar-refractivity contribution in [2.45, 2.75) is 25.8 Å². The number of nitrogens with two attached hydrogens (primary N) is 1. The molecule has 0 unspecified atom stereocenters. The van der Waals surface area contributed by atoms with Crippen molar-refractivity contribution in [2.24, 2.45) is 5.73 Å². The van der Waals surface area contributed by atoms with E-state index in [4.69, 9.17) is 14.6 Å². The van der Waals surface area contributed by atoms with Crippen LogP contribution in [-0.4, -0.2) is 29.3 Å². The molecule has 0 aromatic heterocycles. The maximum Gasteiger partial charge on any atom is 0.371 e. The smallest absolute Gasteiger partial charge is 0.371 e. The van der Waals surface area contributed by atoms with Crippen molar-refractivity contribution < 1.29 is 8.85 Å². The summed E-state index contributed by atoms with van der Waals surface area (Å²) in [4.78, 5) is 0. The first-order valence-corrected chi connectivity index (χ1v) is 8.15. The van der Waals surface area contributed by atoms with Gasteiger partial charge < -0.3 is 14.6 Å². The van der Waals surface area contributed by atoms with E-state index in [1.165, 1.54) is 10.8 Å². The van der Waals surface area contributed by atoms with E-state index in [0.717, 1.165) is 25.4 Å². The van der Waals surface area contributed by atoms with Gasteiger partial charge in [0.05, 0.1) is 0 Å². The molecule has 0 atom stereocenters. The zero-order valence-corrected chi connectivity index (χ0v) is 12.0. The van der Waals surface area contributed by atoms with Crippen LogP contribution in [0.3, 0.4) is 0 Å². The lowest BCUT2D eigenvalue weighted by Gasteiger charge is -2.28. The van der Waals surface area contributed by atoms with E-state index in [-0.39, 0.29) is 0 Å². The van der Waals surface area contributed by atoms with Gasteiger partial charge in [-0.3, -0.25) is 0 Å². The molecule has 0 radical (unpaired) electrons. The third kappa shape index (κ3) is 3.16. The molecule has 2 N–H and O–H groups in total. The Hall–Kier alpha value is -0.683. The lowest BCUT2D eigenvalue weighted by atomic mass is 10.1. The lowest BCUT2D eigenvalue weighted by molar-refractivity contribution is 0.258. The van der Waals surface area contributed by atoms with Crippen molar-refractivity contribution in [3.05, 3.63) is 29.8 Å². The molecule has 4 heteroatoms. The fraction of sp³-hybridized carbons (Fsp3) is 0.538. The molecule has 0 saturated carbocycles. The lowest BCUT2D eigenvalue weighted by Crippen LogP contribution is -2.53. The number of hydrogen-bond donors (Lipinski definition) is 1. The largest absolute Gasteiger partial charge is 0.394 e. The Morgan fingerprint density at radius 2 is 1.82 bits per heavy atom. The number of rotatable bonds is 7. The van der Waals surface area contributed by atoms with Crippen LogP contribution >= 0.6 is 0 Å². The highest BCUT2D eigenvalue weighted by Crippen LogP contribution is 2.15. The molecule has 1 rings (SSSR count). The van der Waals surface area contributed by atoms with Crippen LogP contribution in [0.2, 0.25) is 6.04 Å². The molecule has 0 spiro atoms. The highest BCUT2D eigenvalue weighted by molar-refractivity contribution is 6.81. The summed E-state index contributed by atoms with van der Waals surface area (Å²) in [5, 5.41) is 1.25. The van der Waals surface area contributed by atoms with Crippen LogP contribution in [0.4, 0.5) is 0 Å². The fourth-order valence-electron chi connectivity index (χ4n) is 2.18. The summed E-state index contributed by atoms with van der Waals surface area (Å²) < 4.78 is 11.5. The van der Waals surface area contributed by atoms with Crippen LogP contribution in [0.25, 0.3) is 0 Å². The van der Waals surface area contributed by atoms with Crippen LogP contribution in [-0.2, 0) is 15.3 Å². The molecule has 0 heterocycles. The van der Waals surface area contributed by atoms with Crippen LogP contribution in [0.1, 0.15) is 18.9 Å². The molecule has 96 valence electrons. The van der Waals surface area contributed by atoms with Gasteiger partial charge in [-0.15, -0.1) is 0 Å². The standard InChI is InChI=1S/C13H23NO2Si/c1-4-17(15-2,16-3)13-10-6-5-8-12(13)9-7-11-14/h5-6,8,10H,4,7,9,11,14H2,1-3H3. The van der Waals surface area contributed by atoms with Crippen molar-refractivity contribution in [1.29, 1.82) is 0 Å². The summed E-state index contributed by atoms with van der Waals surface area (Å²) in [6, 6.07) is 9.32. The van der Waals surface area contributed by atoms with Gasteiger partial charge >= 0.3 is 8.56 Å². The maximum atomic E-state index is 5.73. The molecular weight excluding hydrogens is 230 g/mol. The zero-order valence-electron chi connectivity index (χ0n) is 11.0. The minimum absolute atomic E-state index is 0.717. The summed E-state index contributed by atoms with van der Waals surface area (Å²) >= 11 is 0. The number of hydrogen-bond acceptors (Lipinski definition) is 3. The van der Waals surface area contributed by atoms with Crippen LogP contribution in [0, 0.1) is 0 Å². The molecule has 3 nitrogen and oxygen atoms in total. The molecule has 0 aliphatic rings. The van der Waals surface area contributed by atoms with Gasteiger partial charge in [0.1, 0.15) is 0 Å². The predicted molar refractivity (Wildman–Crippen MR) is 73.7 cm³/mol. The van der Waals surface area contributed by atoms with Gasteiger partial charge in [-0.2, -0.15) is 0 Å². The van der Waals surface area contributed by atoms with E-state index in [0.29, 0.717) is 0 Å². The molecule has 0 fully saturated rings. The van der Waals surface area contributed by atoms with Crippen molar-refractivity contribution in [3.63, 3.8) is 0 Å². The monoisotopic (exact) mass is 253 g/mol. The normalized spacial score (nSPS) is 11.8. The summed E-state index contributed by atoms with van der Waals surface area (Å²) in [6.45, 7) is 2.84. The predicted octanol–water partition coefficient (Wildman–Crippen LogP) is 1.54. The second kappa shape index (κ2) is 6.91. The van der Waals surface area contributed by atoms with Crippen LogP contribution in [0.15, 0.2) is 24.3 Å². The molecular formula is C13H23NO2Si. The topological polar surface area (TPSA) is 44.5 Å². The molecule has 17 heavy (non-hydrogen) atoms. The fourth-order valence-corrected chi connectivity index (χ4v) is 4.80. The third-order valence-electron chi connectivity index (χ3n) is 3.20. The van der Waals surface area contributed by atoms with Gasteiger partial charge in [-0.25, -0.2) is 0 Å². The quantitative estimate of drug-likeness (QED) is 0.750. The average molecular weight is 253 g/mol. The molecule has 0 aliphatic heterocycles. The second-order valence-electron chi connectivity index (χ2n) is 4.06.